The highest BCUT2D eigenvalue weighted by Gasteiger charge is 2.45. The van der Waals surface area contributed by atoms with Crippen molar-refractivity contribution < 1.29 is 22.7 Å². The lowest BCUT2D eigenvalue weighted by molar-refractivity contribution is -0.193. The molecule has 0 fully saturated rings. The maximum Gasteiger partial charge on any atom is 0.392 e. The second kappa shape index (κ2) is 3.65. The molecule has 1 aliphatic carbocycles. The minimum absolute atomic E-state index is 0.305. The van der Waals surface area contributed by atoms with Gasteiger partial charge in [0.2, 0.25) is 0 Å². The van der Waals surface area contributed by atoms with Crippen molar-refractivity contribution in [2.24, 2.45) is 11.8 Å². The molecule has 0 aromatic rings. The fourth-order valence-corrected chi connectivity index (χ4v) is 1.52. The minimum Gasteiger partial charge on any atom is -0.396 e. The highest BCUT2D eigenvalue weighted by Crippen LogP contribution is 2.40. The number of rotatable bonds is 1. The molecular formula is C8H10F4O. The van der Waals surface area contributed by atoms with Gasteiger partial charge in [-0.25, -0.2) is 4.39 Å². The Morgan fingerprint density at radius 3 is 2.54 bits per heavy atom. The zero-order valence-electron chi connectivity index (χ0n) is 6.81. The van der Waals surface area contributed by atoms with Crippen LogP contribution in [0, 0.1) is 11.8 Å². The number of aliphatic hydroxyl groups is 1. The SMILES string of the molecule is OCC1CC(F)=CCC1C(F)(F)F. The van der Waals surface area contributed by atoms with Crippen LogP contribution in [0.5, 0.6) is 0 Å². The predicted octanol–water partition coefficient (Wildman–Crippen LogP) is 2.42. The van der Waals surface area contributed by atoms with Crippen molar-refractivity contribution in [3.63, 3.8) is 0 Å². The van der Waals surface area contributed by atoms with Crippen molar-refractivity contribution in [1.82, 2.24) is 0 Å². The number of alkyl halides is 3. The Hall–Kier alpha value is -0.580. The molecule has 1 rings (SSSR count). The number of hydrogen-bond acceptors (Lipinski definition) is 1. The van der Waals surface area contributed by atoms with Gasteiger partial charge in [0.15, 0.2) is 0 Å². The molecule has 0 saturated heterocycles. The molecule has 0 heterocycles. The number of aliphatic hydroxyl groups excluding tert-OH is 1. The van der Waals surface area contributed by atoms with E-state index < -0.39 is 30.4 Å². The Balaban J connectivity index is 2.75. The molecule has 0 saturated carbocycles. The van der Waals surface area contributed by atoms with Gasteiger partial charge in [-0.15, -0.1) is 0 Å². The summed E-state index contributed by atoms with van der Waals surface area (Å²) in [5.74, 6) is -3.18. The summed E-state index contributed by atoms with van der Waals surface area (Å²) in [7, 11) is 0. The molecule has 0 aromatic heterocycles. The predicted molar refractivity (Wildman–Crippen MR) is 38.5 cm³/mol. The molecule has 2 unspecified atom stereocenters. The first-order valence-corrected chi connectivity index (χ1v) is 3.97. The van der Waals surface area contributed by atoms with E-state index >= 15 is 0 Å². The minimum atomic E-state index is -4.34. The van der Waals surface area contributed by atoms with E-state index in [0.717, 1.165) is 6.08 Å². The van der Waals surface area contributed by atoms with Crippen molar-refractivity contribution in [3.8, 4) is 0 Å². The molecule has 2 atom stereocenters. The summed E-state index contributed by atoms with van der Waals surface area (Å²) in [5, 5.41) is 8.65. The van der Waals surface area contributed by atoms with Gasteiger partial charge in [0.1, 0.15) is 0 Å². The molecule has 13 heavy (non-hydrogen) atoms. The molecule has 76 valence electrons. The third-order valence-electron chi connectivity index (χ3n) is 2.27. The van der Waals surface area contributed by atoms with Gasteiger partial charge in [-0.1, -0.05) is 6.08 Å². The zero-order valence-corrected chi connectivity index (χ0v) is 6.81. The fourth-order valence-electron chi connectivity index (χ4n) is 1.52. The maximum absolute atomic E-state index is 12.6. The van der Waals surface area contributed by atoms with Crippen LogP contribution in [0.15, 0.2) is 11.9 Å². The summed E-state index contributed by atoms with van der Waals surface area (Å²) in [6.07, 6.45) is -4.06. The van der Waals surface area contributed by atoms with Crippen LogP contribution in [0.1, 0.15) is 12.8 Å². The topological polar surface area (TPSA) is 20.2 Å². The van der Waals surface area contributed by atoms with Crippen LogP contribution in [-0.2, 0) is 0 Å². The molecule has 5 heteroatoms. The lowest BCUT2D eigenvalue weighted by atomic mass is 9.82. The van der Waals surface area contributed by atoms with Gasteiger partial charge in [0.25, 0.3) is 0 Å². The van der Waals surface area contributed by atoms with Crippen LogP contribution in [0.25, 0.3) is 0 Å². The highest BCUT2D eigenvalue weighted by molar-refractivity contribution is 5.02. The van der Waals surface area contributed by atoms with Crippen LogP contribution in [-0.4, -0.2) is 17.9 Å². The Kier molecular flexibility index (Phi) is 2.95. The van der Waals surface area contributed by atoms with Gasteiger partial charge in [0, 0.05) is 13.0 Å². The smallest absolute Gasteiger partial charge is 0.392 e. The van der Waals surface area contributed by atoms with E-state index in [0.29, 0.717) is 0 Å². The van der Waals surface area contributed by atoms with E-state index in [9.17, 15) is 17.6 Å². The zero-order chi connectivity index (χ0) is 10.1. The average molecular weight is 198 g/mol. The first kappa shape index (κ1) is 10.5. The van der Waals surface area contributed by atoms with Gasteiger partial charge in [-0.2, -0.15) is 13.2 Å². The van der Waals surface area contributed by atoms with E-state index in [1.807, 2.05) is 0 Å². The van der Waals surface area contributed by atoms with Crippen LogP contribution in [0.4, 0.5) is 17.6 Å². The van der Waals surface area contributed by atoms with Crippen LogP contribution >= 0.6 is 0 Å². The van der Waals surface area contributed by atoms with Crippen LogP contribution in [0.3, 0.4) is 0 Å². The van der Waals surface area contributed by atoms with Gasteiger partial charge < -0.3 is 5.11 Å². The van der Waals surface area contributed by atoms with E-state index in [-0.39, 0.29) is 12.8 Å². The van der Waals surface area contributed by atoms with Crippen LogP contribution < -0.4 is 0 Å². The van der Waals surface area contributed by atoms with Crippen LogP contribution in [0.2, 0.25) is 0 Å². The summed E-state index contributed by atoms with van der Waals surface area (Å²) in [4.78, 5) is 0. The summed E-state index contributed by atoms with van der Waals surface area (Å²) in [6.45, 7) is -0.620. The van der Waals surface area contributed by atoms with E-state index in [4.69, 9.17) is 5.11 Å². The molecule has 0 aromatic carbocycles. The number of halogens is 4. The van der Waals surface area contributed by atoms with Crippen molar-refractivity contribution >= 4 is 0 Å². The molecule has 1 N–H and O–H groups in total. The lowest BCUT2D eigenvalue weighted by Crippen LogP contribution is -2.34. The van der Waals surface area contributed by atoms with Crippen molar-refractivity contribution in [1.29, 1.82) is 0 Å². The maximum atomic E-state index is 12.6. The summed E-state index contributed by atoms with van der Waals surface area (Å²) in [6, 6.07) is 0. The second-order valence-electron chi connectivity index (χ2n) is 3.18. The highest BCUT2D eigenvalue weighted by atomic mass is 19.4. The first-order valence-electron chi connectivity index (χ1n) is 3.97. The van der Waals surface area contributed by atoms with Gasteiger partial charge in [0.05, 0.1) is 11.7 Å². The second-order valence-corrected chi connectivity index (χ2v) is 3.18. The largest absolute Gasteiger partial charge is 0.396 e. The molecule has 0 aliphatic heterocycles. The molecule has 0 radical (unpaired) electrons. The molecule has 1 nitrogen and oxygen atoms in total. The Labute approximate surface area is 73.1 Å². The summed E-state index contributed by atoms with van der Waals surface area (Å²) < 4.78 is 49.3. The van der Waals surface area contributed by atoms with Gasteiger partial charge in [-0.3, -0.25) is 0 Å². The molecule has 1 aliphatic rings. The lowest BCUT2D eigenvalue weighted by Gasteiger charge is -2.29. The molecule has 0 bridgehead atoms. The Morgan fingerprint density at radius 2 is 2.08 bits per heavy atom. The molecular weight excluding hydrogens is 188 g/mol. The van der Waals surface area contributed by atoms with Gasteiger partial charge in [-0.05, 0) is 12.3 Å². The molecule has 0 spiro atoms. The monoisotopic (exact) mass is 198 g/mol. The standard InChI is InChI=1S/C8H10F4O/c9-6-1-2-7(8(10,11)12)5(3-6)4-13/h1,5,7,13H,2-4H2. The average Bonchev–Trinajstić information content (AvgIpc) is 2.01. The third-order valence-corrected chi connectivity index (χ3v) is 2.27. The Morgan fingerprint density at radius 1 is 1.46 bits per heavy atom. The van der Waals surface area contributed by atoms with Gasteiger partial charge >= 0.3 is 6.18 Å². The first-order chi connectivity index (χ1) is 5.95. The fraction of sp³-hybridized carbons (Fsp3) is 0.750. The third kappa shape index (κ3) is 2.43. The molecule has 0 amide bonds. The summed E-state index contributed by atoms with van der Waals surface area (Å²) in [5.41, 5.74) is 0. The summed E-state index contributed by atoms with van der Waals surface area (Å²) >= 11 is 0. The normalized spacial score (nSPS) is 30.1. The number of hydrogen-bond donors (Lipinski definition) is 1. The Bertz CT molecular complexity index is 209. The van der Waals surface area contributed by atoms with Crippen molar-refractivity contribution in [2.75, 3.05) is 6.61 Å². The van der Waals surface area contributed by atoms with Crippen molar-refractivity contribution in [3.05, 3.63) is 11.9 Å². The van der Waals surface area contributed by atoms with E-state index in [1.54, 1.807) is 0 Å². The van der Waals surface area contributed by atoms with E-state index in [2.05, 4.69) is 0 Å². The quantitative estimate of drug-likeness (QED) is 0.641. The number of allylic oxidation sites excluding steroid dienone is 2. The van der Waals surface area contributed by atoms with Crippen molar-refractivity contribution in [2.45, 2.75) is 19.0 Å². The van der Waals surface area contributed by atoms with E-state index in [1.165, 1.54) is 0 Å².